The summed E-state index contributed by atoms with van der Waals surface area (Å²) in [5.41, 5.74) is 4.38. The zero-order valence-corrected chi connectivity index (χ0v) is 22.7. The molecule has 1 amide bonds. The number of fused-ring (bicyclic) bond motifs is 1. The second-order valence-electron chi connectivity index (χ2n) is 10.3. The normalized spacial score (nSPS) is 15.9. The number of para-hydroxylation sites is 1. The van der Waals surface area contributed by atoms with Gasteiger partial charge >= 0.3 is 0 Å². The van der Waals surface area contributed by atoms with Crippen LogP contribution in [-0.2, 0) is 22.1 Å². The Kier molecular flexibility index (Phi) is 7.69. The molecule has 2 atom stereocenters. The zero-order valence-electron chi connectivity index (χ0n) is 21.8. The molecule has 0 radical (unpaired) electrons. The highest BCUT2D eigenvalue weighted by Crippen LogP contribution is 2.34. The Bertz CT molecular complexity index is 1460. The number of aromatic nitrogens is 2. The van der Waals surface area contributed by atoms with Crippen molar-refractivity contribution in [1.29, 1.82) is 0 Å². The standard InChI is InChI=1S/C29H32N4O4S/c1-29(2,3)38(35)32-25(19-20-9-8-13-24(30-20)28(34)33-15-17-36-18-16-33)21-10-4-5-11-22(21)27-23-12-6-7-14-26(23)37-31-27/h4-14,25,32H,15-19H2,1-3H3/t25-,38-/m0/s1. The molecule has 5 rings (SSSR count). The van der Waals surface area contributed by atoms with Crippen LogP contribution in [0.1, 0.15) is 48.6 Å². The maximum atomic E-state index is 13.3. The van der Waals surface area contributed by atoms with Crippen LogP contribution in [0.2, 0.25) is 0 Å². The predicted octanol–water partition coefficient (Wildman–Crippen LogP) is 4.70. The number of hydrogen-bond acceptors (Lipinski definition) is 6. The molecule has 0 saturated carbocycles. The zero-order chi connectivity index (χ0) is 26.7. The molecular formula is C29H32N4O4S. The summed E-state index contributed by atoms with van der Waals surface area (Å²) in [6.45, 7) is 7.97. The summed E-state index contributed by atoms with van der Waals surface area (Å²) in [6, 6.07) is 20.8. The van der Waals surface area contributed by atoms with Gasteiger partial charge in [0.05, 0.1) is 35.0 Å². The summed E-state index contributed by atoms with van der Waals surface area (Å²) in [7, 11) is -1.35. The lowest BCUT2D eigenvalue weighted by Gasteiger charge is -2.27. The molecule has 0 bridgehead atoms. The van der Waals surface area contributed by atoms with Crippen molar-refractivity contribution < 1.29 is 18.3 Å². The fraction of sp³-hybridized carbons (Fsp3) is 0.345. The summed E-state index contributed by atoms with van der Waals surface area (Å²) in [5, 5.41) is 5.29. The van der Waals surface area contributed by atoms with E-state index < -0.39 is 15.7 Å². The third kappa shape index (κ3) is 5.70. The lowest BCUT2D eigenvalue weighted by Crippen LogP contribution is -2.41. The van der Waals surface area contributed by atoms with Crippen LogP contribution < -0.4 is 4.72 Å². The van der Waals surface area contributed by atoms with Gasteiger partial charge in [0.25, 0.3) is 5.91 Å². The molecule has 0 spiro atoms. The first-order valence-corrected chi connectivity index (χ1v) is 13.9. The van der Waals surface area contributed by atoms with Gasteiger partial charge in [-0.15, -0.1) is 0 Å². The number of pyridine rings is 1. The van der Waals surface area contributed by atoms with E-state index in [0.29, 0.717) is 44.0 Å². The number of nitrogens with zero attached hydrogens (tertiary/aromatic N) is 3. The maximum Gasteiger partial charge on any atom is 0.272 e. The van der Waals surface area contributed by atoms with Gasteiger partial charge in [-0.05, 0) is 50.6 Å². The highest BCUT2D eigenvalue weighted by Gasteiger charge is 2.27. The van der Waals surface area contributed by atoms with Gasteiger partial charge in [-0.1, -0.05) is 47.6 Å². The average molecular weight is 533 g/mol. The fourth-order valence-electron chi connectivity index (χ4n) is 4.47. The van der Waals surface area contributed by atoms with Crippen molar-refractivity contribution in [3.63, 3.8) is 0 Å². The molecule has 0 unspecified atom stereocenters. The molecule has 2 aromatic carbocycles. The summed E-state index contributed by atoms with van der Waals surface area (Å²) >= 11 is 0. The van der Waals surface area contributed by atoms with E-state index in [4.69, 9.17) is 14.2 Å². The van der Waals surface area contributed by atoms with E-state index in [-0.39, 0.29) is 11.9 Å². The van der Waals surface area contributed by atoms with Crippen LogP contribution in [0.4, 0.5) is 0 Å². The first-order valence-electron chi connectivity index (χ1n) is 12.8. The lowest BCUT2D eigenvalue weighted by molar-refractivity contribution is 0.0299. The minimum Gasteiger partial charge on any atom is -0.378 e. The molecule has 1 aliphatic rings. The second-order valence-corrected chi connectivity index (χ2v) is 12.3. The molecular weight excluding hydrogens is 500 g/mol. The smallest absolute Gasteiger partial charge is 0.272 e. The minimum atomic E-state index is -1.35. The Morgan fingerprint density at radius 2 is 1.76 bits per heavy atom. The summed E-state index contributed by atoms with van der Waals surface area (Å²) in [4.78, 5) is 19.6. The number of amides is 1. The molecule has 1 saturated heterocycles. The summed E-state index contributed by atoms with van der Waals surface area (Å²) in [6.07, 6.45) is 0.429. The molecule has 198 valence electrons. The topological polar surface area (TPSA) is 97.6 Å². The summed E-state index contributed by atoms with van der Waals surface area (Å²) in [5.74, 6) is -0.104. The number of rotatable bonds is 7. The van der Waals surface area contributed by atoms with E-state index in [1.54, 1.807) is 11.0 Å². The van der Waals surface area contributed by atoms with Gasteiger partial charge in [0.1, 0.15) is 11.4 Å². The minimum absolute atomic E-state index is 0.104. The first-order chi connectivity index (χ1) is 18.3. The van der Waals surface area contributed by atoms with Crippen LogP contribution in [0.25, 0.3) is 22.2 Å². The van der Waals surface area contributed by atoms with E-state index in [0.717, 1.165) is 27.9 Å². The Morgan fingerprint density at radius 3 is 2.55 bits per heavy atom. The van der Waals surface area contributed by atoms with Crippen molar-refractivity contribution in [2.75, 3.05) is 26.3 Å². The third-order valence-corrected chi connectivity index (χ3v) is 8.12. The Hall–Kier alpha value is -3.40. The van der Waals surface area contributed by atoms with Crippen molar-refractivity contribution in [3.8, 4) is 11.3 Å². The van der Waals surface area contributed by atoms with Gasteiger partial charge in [0.2, 0.25) is 0 Å². The number of benzene rings is 2. The molecule has 3 heterocycles. The van der Waals surface area contributed by atoms with E-state index in [9.17, 15) is 9.00 Å². The van der Waals surface area contributed by atoms with Crippen LogP contribution in [0.3, 0.4) is 0 Å². The van der Waals surface area contributed by atoms with Gasteiger partial charge in [-0.2, -0.15) is 0 Å². The number of ether oxygens (including phenoxy) is 1. The Balaban J connectivity index is 1.51. The first kappa shape index (κ1) is 26.2. The van der Waals surface area contributed by atoms with Crippen molar-refractivity contribution in [2.24, 2.45) is 0 Å². The second kappa shape index (κ2) is 11.1. The largest absolute Gasteiger partial charge is 0.378 e. The maximum absolute atomic E-state index is 13.3. The Labute approximate surface area is 225 Å². The molecule has 8 nitrogen and oxygen atoms in total. The molecule has 0 aliphatic carbocycles. The van der Waals surface area contributed by atoms with Gasteiger partial charge in [-0.25, -0.2) is 13.9 Å². The van der Waals surface area contributed by atoms with E-state index in [1.165, 1.54) is 0 Å². The predicted molar refractivity (Wildman–Crippen MR) is 148 cm³/mol. The molecule has 4 aromatic rings. The molecule has 1 aliphatic heterocycles. The number of carbonyl (C=O) groups excluding carboxylic acids is 1. The van der Waals surface area contributed by atoms with Gasteiger partial charge in [0, 0.05) is 36.2 Å². The monoisotopic (exact) mass is 532 g/mol. The van der Waals surface area contributed by atoms with Crippen molar-refractivity contribution in [2.45, 2.75) is 38.0 Å². The van der Waals surface area contributed by atoms with Crippen molar-refractivity contribution in [1.82, 2.24) is 19.8 Å². The SMILES string of the molecule is CC(C)(C)[S@](=O)N[C@@H](Cc1cccc(C(=O)N2CCOCC2)n1)c1ccccc1-c1noc2ccccc12. The molecule has 9 heteroatoms. The van der Waals surface area contributed by atoms with Crippen LogP contribution >= 0.6 is 0 Å². The molecule has 1 fully saturated rings. The number of morpholine rings is 1. The van der Waals surface area contributed by atoms with E-state index in [2.05, 4.69) is 9.88 Å². The van der Waals surface area contributed by atoms with Gasteiger partial charge < -0.3 is 14.2 Å². The Morgan fingerprint density at radius 1 is 1.03 bits per heavy atom. The summed E-state index contributed by atoms with van der Waals surface area (Å²) < 4.78 is 27.2. The number of hydrogen-bond donors (Lipinski definition) is 1. The lowest BCUT2D eigenvalue weighted by atomic mass is 9.94. The number of carbonyl (C=O) groups is 1. The van der Waals surface area contributed by atoms with Crippen molar-refractivity contribution in [3.05, 3.63) is 83.7 Å². The van der Waals surface area contributed by atoms with Crippen LogP contribution in [0, 0.1) is 0 Å². The highest BCUT2D eigenvalue weighted by molar-refractivity contribution is 7.84. The van der Waals surface area contributed by atoms with E-state index in [1.807, 2.05) is 81.4 Å². The molecule has 2 aromatic heterocycles. The van der Waals surface area contributed by atoms with E-state index >= 15 is 0 Å². The highest BCUT2D eigenvalue weighted by atomic mass is 32.2. The van der Waals surface area contributed by atoms with Gasteiger partial charge in [-0.3, -0.25) is 4.79 Å². The molecule has 38 heavy (non-hydrogen) atoms. The number of nitrogens with one attached hydrogen (secondary N) is 1. The molecule has 1 N–H and O–H groups in total. The van der Waals surface area contributed by atoms with Crippen LogP contribution in [0.15, 0.2) is 71.3 Å². The van der Waals surface area contributed by atoms with Crippen molar-refractivity contribution >= 4 is 27.9 Å². The quantitative estimate of drug-likeness (QED) is 0.371. The van der Waals surface area contributed by atoms with Crippen LogP contribution in [-0.4, -0.2) is 56.2 Å². The van der Waals surface area contributed by atoms with Crippen LogP contribution in [0.5, 0.6) is 0 Å². The van der Waals surface area contributed by atoms with Gasteiger partial charge in [0.15, 0.2) is 5.58 Å². The average Bonchev–Trinajstić information content (AvgIpc) is 3.36. The third-order valence-electron chi connectivity index (χ3n) is 6.51. The fourth-order valence-corrected chi connectivity index (χ4v) is 5.29.